The normalized spacial score (nSPS) is 17.2. The Morgan fingerprint density at radius 1 is 0.889 bits per heavy atom. The molecule has 0 saturated heterocycles. The van der Waals surface area contributed by atoms with Crippen molar-refractivity contribution < 1.29 is 26.2 Å². The molecule has 0 aromatic heterocycles. The van der Waals surface area contributed by atoms with Gasteiger partial charge in [-0.15, -0.1) is 0 Å². The van der Waals surface area contributed by atoms with E-state index in [2.05, 4.69) is 69.3 Å². The van der Waals surface area contributed by atoms with E-state index in [1.165, 1.54) is 72.8 Å². The van der Waals surface area contributed by atoms with Crippen molar-refractivity contribution in [3.63, 3.8) is 0 Å². The zero-order valence-electron chi connectivity index (χ0n) is 17.1. The summed E-state index contributed by atoms with van der Waals surface area (Å²) in [7, 11) is 0. The van der Waals surface area contributed by atoms with Crippen molar-refractivity contribution in [1.82, 2.24) is 0 Å². The van der Waals surface area contributed by atoms with Crippen LogP contribution in [0, 0.1) is 5.92 Å². The molecule has 0 spiro atoms. The molecule has 2 aromatic carbocycles. The van der Waals surface area contributed by atoms with Gasteiger partial charge in [-0.25, -0.2) is 0 Å². The first kappa shape index (κ1) is 20.8. The zero-order valence-corrected chi connectivity index (χ0v) is 19.6. The van der Waals surface area contributed by atoms with Crippen molar-refractivity contribution >= 4 is 6.08 Å². The van der Waals surface area contributed by atoms with Gasteiger partial charge >= 0.3 is 0 Å². The Hall–Kier alpha value is -0.937. The van der Waals surface area contributed by atoms with E-state index in [0.29, 0.717) is 0 Å². The van der Waals surface area contributed by atoms with E-state index < -0.39 is 0 Å². The standard InChI is InChI=1S/C26H32.Zr/c1-26(2,3)23-14-12-21(13-15-23)24-11-7-10-22-17-20(18-25(22)24)16-19-8-5-4-6-9-19;/h7,10-15,18-19H,4-6,8-9,16-17H2,1-3H3;. The van der Waals surface area contributed by atoms with E-state index in [4.69, 9.17) is 0 Å². The minimum Gasteiger partial charge on any atom is -0.0649 e. The van der Waals surface area contributed by atoms with Crippen molar-refractivity contribution in [2.45, 2.75) is 71.1 Å². The number of allylic oxidation sites excluding steroid dienone is 1. The number of rotatable bonds is 3. The molecular formula is C26H32Zr. The smallest absolute Gasteiger partial charge is 0 e. The third kappa shape index (κ3) is 4.73. The van der Waals surface area contributed by atoms with E-state index in [1.807, 2.05) is 0 Å². The van der Waals surface area contributed by atoms with E-state index in [0.717, 1.165) is 5.92 Å². The van der Waals surface area contributed by atoms with Gasteiger partial charge < -0.3 is 0 Å². The van der Waals surface area contributed by atoms with Crippen molar-refractivity contribution in [3.8, 4) is 11.1 Å². The summed E-state index contributed by atoms with van der Waals surface area (Å²) in [5.41, 5.74) is 9.03. The Labute approximate surface area is 184 Å². The van der Waals surface area contributed by atoms with Crippen molar-refractivity contribution in [2.24, 2.45) is 5.92 Å². The van der Waals surface area contributed by atoms with E-state index >= 15 is 0 Å². The SMILES string of the molecule is CC(C)(C)c1ccc(-c2cccc3c2C=C(CC2CCCCC2)C3)cc1.[Zr]. The largest absolute Gasteiger partial charge is 0.0649 e. The Kier molecular flexibility index (Phi) is 6.63. The number of hydrogen-bond donors (Lipinski definition) is 0. The van der Waals surface area contributed by atoms with Crippen LogP contribution in [0.15, 0.2) is 48.0 Å². The van der Waals surface area contributed by atoms with Crippen LogP contribution in [0.1, 0.15) is 76.0 Å². The fourth-order valence-corrected chi connectivity index (χ4v) is 4.73. The van der Waals surface area contributed by atoms with E-state index in [-0.39, 0.29) is 31.6 Å². The quantitative estimate of drug-likeness (QED) is 0.466. The molecule has 2 aliphatic carbocycles. The summed E-state index contributed by atoms with van der Waals surface area (Å²) in [6.07, 6.45) is 12.2. The number of hydrogen-bond acceptors (Lipinski definition) is 0. The second kappa shape index (κ2) is 8.61. The molecule has 0 atom stereocenters. The van der Waals surface area contributed by atoms with Crippen LogP contribution in [-0.4, -0.2) is 0 Å². The van der Waals surface area contributed by atoms with Crippen molar-refractivity contribution in [3.05, 3.63) is 64.7 Å². The molecule has 2 aromatic rings. The van der Waals surface area contributed by atoms with Gasteiger partial charge in [-0.1, -0.05) is 107 Å². The Balaban J connectivity index is 0.00000210. The van der Waals surface area contributed by atoms with Crippen LogP contribution in [0.5, 0.6) is 0 Å². The topological polar surface area (TPSA) is 0 Å². The average molecular weight is 436 g/mol. The third-order valence-electron chi connectivity index (χ3n) is 6.30. The fraction of sp³-hybridized carbons (Fsp3) is 0.462. The molecule has 0 radical (unpaired) electrons. The number of fused-ring (bicyclic) bond motifs is 1. The van der Waals surface area contributed by atoms with Crippen LogP contribution in [0.2, 0.25) is 0 Å². The first-order valence-electron chi connectivity index (χ1n) is 10.4. The second-order valence-electron chi connectivity index (χ2n) is 9.39. The van der Waals surface area contributed by atoms with Gasteiger partial charge in [0.05, 0.1) is 0 Å². The van der Waals surface area contributed by atoms with Gasteiger partial charge in [0, 0.05) is 26.2 Å². The predicted octanol–water partition coefficient (Wildman–Crippen LogP) is 7.56. The van der Waals surface area contributed by atoms with Crippen LogP contribution in [-0.2, 0) is 38.0 Å². The Morgan fingerprint density at radius 3 is 2.26 bits per heavy atom. The Morgan fingerprint density at radius 2 is 1.59 bits per heavy atom. The maximum atomic E-state index is 2.51. The van der Waals surface area contributed by atoms with Crippen LogP contribution in [0.25, 0.3) is 17.2 Å². The summed E-state index contributed by atoms with van der Waals surface area (Å²) < 4.78 is 0. The van der Waals surface area contributed by atoms with Crippen LogP contribution >= 0.6 is 0 Å². The van der Waals surface area contributed by atoms with Gasteiger partial charge in [-0.2, -0.15) is 0 Å². The second-order valence-corrected chi connectivity index (χ2v) is 9.39. The van der Waals surface area contributed by atoms with Gasteiger partial charge in [-0.3, -0.25) is 0 Å². The van der Waals surface area contributed by atoms with Gasteiger partial charge in [0.2, 0.25) is 0 Å². The molecular weight excluding hydrogens is 404 g/mol. The molecule has 0 unspecified atom stereocenters. The molecule has 4 rings (SSSR count). The minimum atomic E-state index is 0. The van der Waals surface area contributed by atoms with E-state index in [9.17, 15) is 0 Å². The minimum absolute atomic E-state index is 0. The summed E-state index contributed by atoms with van der Waals surface area (Å²) in [4.78, 5) is 0. The van der Waals surface area contributed by atoms with Gasteiger partial charge in [-0.05, 0) is 52.0 Å². The number of benzene rings is 2. The monoisotopic (exact) mass is 434 g/mol. The zero-order chi connectivity index (χ0) is 18.1. The Bertz CT molecular complexity index is 799. The van der Waals surface area contributed by atoms with Gasteiger partial charge in [0.15, 0.2) is 0 Å². The van der Waals surface area contributed by atoms with Gasteiger partial charge in [0.1, 0.15) is 0 Å². The summed E-state index contributed by atoms with van der Waals surface area (Å²) in [5, 5.41) is 0. The summed E-state index contributed by atoms with van der Waals surface area (Å²) >= 11 is 0. The maximum absolute atomic E-state index is 2.51. The maximum Gasteiger partial charge on any atom is 0 e. The van der Waals surface area contributed by atoms with E-state index in [1.54, 1.807) is 5.57 Å². The van der Waals surface area contributed by atoms with Crippen molar-refractivity contribution in [2.75, 3.05) is 0 Å². The summed E-state index contributed by atoms with van der Waals surface area (Å²) in [5.74, 6) is 0.929. The van der Waals surface area contributed by atoms with Crippen LogP contribution < -0.4 is 0 Å². The molecule has 0 N–H and O–H groups in total. The molecule has 27 heavy (non-hydrogen) atoms. The van der Waals surface area contributed by atoms with Crippen LogP contribution in [0.4, 0.5) is 0 Å². The summed E-state index contributed by atoms with van der Waals surface area (Å²) in [6.45, 7) is 6.84. The first-order chi connectivity index (χ1) is 12.5. The average Bonchev–Trinajstić information content (AvgIpc) is 3.04. The predicted molar refractivity (Wildman–Crippen MR) is 113 cm³/mol. The molecule has 0 amide bonds. The molecule has 0 heterocycles. The molecule has 0 aliphatic heterocycles. The molecule has 1 saturated carbocycles. The first-order valence-corrected chi connectivity index (χ1v) is 10.4. The third-order valence-corrected chi connectivity index (χ3v) is 6.30. The molecule has 140 valence electrons. The summed E-state index contributed by atoms with van der Waals surface area (Å²) in [6, 6.07) is 16.1. The molecule has 2 aliphatic rings. The van der Waals surface area contributed by atoms with Crippen molar-refractivity contribution in [1.29, 1.82) is 0 Å². The molecule has 0 nitrogen and oxygen atoms in total. The fourth-order valence-electron chi connectivity index (χ4n) is 4.73. The molecule has 1 heteroatoms. The van der Waals surface area contributed by atoms with Gasteiger partial charge in [0.25, 0.3) is 0 Å². The molecule has 0 bridgehead atoms. The molecule has 1 fully saturated rings. The van der Waals surface area contributed by atoms with Crippen LogP contribution in [0.3, 0.4) is 0 Å².